The van der Waals surface area contributed by atoms with Crippen LogP contribution < -0.4 is 20.9 Å². The van der Waals surface area contributed by atoms with Gasteiger partial charge in [0.05, 0.1) is 11.3 Å². The minimum absolute atomic E-state index is 0.171. The highest BCUT2D eigenvalue weighted by Crippen LogP contribution is 2.23. The molecule has 2 aromatic carbocycles. The Morgan fingerprint density at radius 1 is 0.917 bits per heavy atom. The molecule has 2 aromatic rings. The Kier molecular flexibility index (Phi) is 5.93. The van der Waals surface area contributed by atoms with Crippen molar-refractivity contribution in [3.8, 4) is 11.5 Å². The molecule has 0 aliphatic rings. The zero-order valence-electron chi connectivity index (χ0n) is 14.5. The van der Waals surface area contributed by atoms with E-state index in [0.717, 1.165) is 12.2 Å². The summed E-state index contributed by atoms with van der Waals surface area (Å²) in [5.74, 6) is 1.42. The van der Waals surface area contributed by atoms with E-state index in [9.17, 15) is 0 Å². The number of hydrogen-bond acceptors (Lipinski definition) is 5. The van der Waals surface area contributed by atoms with Crippen molar-refractivity contribution in [3.63, 3.8) is 0 Å². The van der Waals surface area contributed by atoms with Gasteiger partial charge in [-0.05, 0) is 49.7 Å². The number of rotatable bonds is 8. The van der Waals surface area contributed by atoms with Crippen molar-refractivity contribution in [2.75, 3.05) is 31.8 Å². The molecule has 5 heteroatoms. The molecule has 0 saturated carbocycles. The van der Waals surface area contributed by atoms with Crippen LogP contribution in [0.5, 0.6) is 11.5 Å². The summed E-state index contributed by atoms with van der Waals surface area (Å²) in [5, 5.41) is 0. The smallest absolute Gasteiger partial charge is 0.142 e. The SMILES string of the molecule is COC(C)(C)Cc1ccc(OCCOc2ccc(N)cc2N)cc1. The Labute approximate surface area is 143 Å². The summed E-state index contributed by atoms with van der Waals surface area (Å²) < 4.78 is 16.7. The first kappa shape index (κ1) is 17.9. The van der Waals surface area contributed by atoms with Crippen LogP contribution in [0.2, 0.25) is 0 Å². The molecule has 0 fully saturated rings. The Morgan fingerprint density at radius 3 is 2.21 bits per heavy atom. The normalized spacial score (nSPS) is 11.3. The maximum atomic E-state index is 5.84. The molecule has 2 rings (SSSR count). The van der Waals surface area contributed by atoms with Gasteiger partial charge in [0.15, 0.2) is 0 Å². The standard InChI is InChI=1S/C19H26N2O3/c1-19(2,22-3)13-14-4-7-16(8-5-14)23-10-11-24-18-9-6-15(20)12-17(18)21/h4-9,12H,10-11,13,20-21H2,1-3H3. The maximum Gasteiger partial charge on any atom is 0.142 e. The van der Waals surface area contributed by atoms with E-state index in [1.807, 2.05) is 12.1 Å². The van der Waals surface area contributed by atoms with Crippen molar-refractivity contribution in [2.24, 2.45) is 0 Å². The minimum Gasteiger partial charge on any atom is -0.490 e. The first-order valence-corrected chi connectivity index (χ1v) is 7.94. The lowest BCUT2D eigenvalue weighted by atomic mass is 9.98. The topological polar surface area (TPSA) is 79.7 Å². The van der Waals surface area contributed by atoms with Crippen molar-refractivity contribution in [1.82, 2.24) is 0 Å². The second-order valence-electron chi connectivity index (χ2n) is 6.28. The van der Waals surface area contributed by atoms with Gasteiger partial charge < -0.3 is 25.7 Å². The second kappa shape index (κ2) is 7.93. The molecule has 130 valence electrons. The predicted molar refractivity (Wildman–Crippen MR) is 97.5 cm³/mol. The molecule has 0 heterocycles. The average molecular weight is 330 g/mol. The van der Waals surface area contributed by atoms with E-state index in [-0.39, 0.29) is 5.60 Å². The molecule has 0 radical (unpaired) electrons. The van der Waals surface area contributed by atoms with Crippen molar-refractivity contribution < 1.29 is 14.2 Å². The molecule has 0 aliphatic carbocycles. The van der Waals surface area contributed by atoms with E-state index >= 15 is 0 Å². The van der Waals surface area contributed by atoms with Gasteiger partial charge in [-0.2, -0.15) is 0 Å². The lowest BCUT2D eigenvalue weighted by Crippen LogP contribution is -2.25. The molecule has 0 saturated heterocycles. The molecule has 0 unspecified atom stereocenters. The first-order chi connectivity index (χ1) is 11.4. The Bertz CT molecular complexity index is 654. The largest absolute Gasteiger partial charge is 0.490 e. The van der Waals surface area contributed by atoms with Gasteiger partial charge in [-0.1, -0.05) is 12.1 Å². The van der Waals surface area contributed by atoms with E-state index in [4.69, 9.17) is 25.7 Å². The van der Waals surface area contributed by atoms with Crippen LogP contribution in [0.4, 0.5) is 11.4 Å². The van der Waals surface area contributed by atoms with Gasteiger partial charge in [-0.3, -0.25) is 0 Å². The quantitative estimate of drug-likeness (QED) is 0.573. The summed E-state index contributed by atoms with van der Waals surface area (Å²) in [5.41, 5.74) is 13.7. The Balaban J connectivity index is 1.78. The molecule has 0 amide bonds. The number of benzene rings is 2. The van der Waals surface area contributed by atoms with Gasteiger partial charge in [-0.15, -0.1) is 0 Å². The fourth-order valence-corrected chi connectivity index (χ4v) is 2.28. The number of nitrogens with two attached hydrogens (primary N) is 2. The molecule has 0 bridgehead atoms. The number of ether oxygens (including phenoxy) is 3. The summed E-state index contributed by atoms with van der Waals surface area (Å²) >= 11 is 0. The van der Waals surface area contributed by atoms with Gasteiger partial charge in [0.2, 0.25) is 0 Å². The van der Waals surface area contributed by atoms with Gasteiger partial charge in [0, 0.05) is 19.2 Å². The summed E-state index contributed by atoms with van der Waals surface area (Å²) in [6.07, 6.45) is 0.851. The van der Waals surface area contributed by atoms with E-state index in [1.54, 1.807) is 25.3 Å². The summed E-state index contributed by atoms with van der Waals surface area (Å²) in [7, 11) is 1.73. The third-order valence-electron chi connectivity index (χ3n) is 3.75. The Morgan fingerprint density at radius 2 is 1.58 bits per heavy atom. The van der Waals surface area contributed by atoms with Crippen LogP contribution in [0.15, 0.2) is 42.5 Å². The lowest BCUT2D eigenvalue weighted by molar-refractivity contribution is 0.0232. The first-order valence-electron chi connectivity index (χ1n) is 7.94. The lowest BCUT2D eigenvalue weighted by Gasteiger charge is -2.22. The minimum atomic E-state index is -0.171. The number of anilines is 2. The van der Waals surface area contributed by atoms with Crippen LogP contribution in [0, 0.1) is 0 Å². The van der Waals surface area contributed by atoms with Crippen LogP contribution >= 0.6 is 0 Å². The van der Waals surface area contributed by atoms with E-state index in [1.165, 1.54) is 5.56 Å². The van der Waals surface area contributed by atoms with Gasteiger partial charge in [-0.25, -0.2) is 0 Å². The maximum absolute atomic E-state index is 5.84. The van der Waals surface area contributed by atoms with Gasteiger partial charge in [0.1, 0.15) is 24.7 Å². The molecular formula is C19H26N2O3. The second-order valence-corrected chi connectivity index (χ2v) is 6.28. The van der Waals surface area contributed by atoms with E-state index in [0.29, 0.717) is 30.3 Å². The van der Waals surface area contributed by atoms with Crippen LogP contribution in [-0.4, -0.2) is 25.9 Å². The van der Waals surface area contributed by atoms with Crippen molar-refractivity contribution >= 4 is 11.4 Å². The summed E-state index contributed by atoms with van der Waals surface area (Å²) in [6, 6.07) is 13.2. The Hall–Kier alpha value is -2.40. The highest BCUT2D eigenvalue weighted by atomic mass is 16.5. The van der Waals surface area contributed by atoms with Crippen molar-refractivity contribution in [3.05, 3.63) is 48.0 Å². The molecule has 4 N–H and O–H groups in total. The van der Waals surface area contributed by atoms with E-state index < -0.39 is 0 Å². The summed E-state index contributed by atoms with van der Waals surface area (Å²) in [6.45, 7) is 4.98. The van der Waals surface area contributed by atoms with Crippen LogP contribution in [0.25, 0.3) is 0 Å². The van der Waals surface area contributed by atoms with Crippen LogP contribution in [0.1, 0.15) is 19.4 Å². The zero-order chi connectivity index (χ0) is 17.6. The van der Waals surface area contributed by atoms with Crippen molar-refractivity contribution in [2.45, 2.75) is 25.9 Å². The highest BCUT2D eigenvalue weighted by molar-refractivity contribution is 5.60. The average Bonchev–Trinajstić information content (AvgIpc) is 2.54. The monoisotopic (exact) mass is 330 g/mol. The third kappa shape index (κ3) is 5.35. The molecule has 24 heavy (non-hydrogen) atoms. The molecule has 0 atom stereocenters. The van der Waals surface area contributed by atoms with Crippen LogP contribution in [0.3, 0.4) is 0 Å². The summed E-state index contributed by atoms with van der Waals surface area (Å²) in [4.78, 5) is 0. The third-order valence-corrected chi connectivity index (χ3v) is 3.75. The van der Waals surface area contributed by atoms with Crippen LogP contribution in [-0.2, 0) is 11.2 Å². The number of nitrogen functional groups attached to an aromatic ring is 2. The molecule has 5 nitrogen and oxygen atoms in total. The predicted octanol–water partition coefficient (Wildman–Crippen LogP) is 3.28. The number of hydrogen-bond donors (Lipinski definition) is 2. The van der Waals surface area contributed by atoms with Crippen molar-refractivity contribution in [1.29, 1.82) is 0 Å². The zero-order valence-corrected chi connectivity index (χ0v) is 14.5. The van der Waals surface area contributed by atoms with Gasteiger partial charge in [0.25, 0.3) is 0 Å². The molecule has 0 aliphatic heterocycles. The highest BCUT2D eigenvalue weighted by Gasteiger charge is 2.16. The fraction of sp³-hybridized carbons (Fsp3) is 0.368. The molecular weight excluding hydrogens is 304 g/mol. The molecule has 0 aromatic heterocycles. The van der Waals surface area contributed by atoms with E-state index in [2.05, 4.69) is 26.0 Å². The number of methoxy groups -OCH3 is 1. The molecule has 0 spiro atoms. The van der Waals surface area contributed by atoms with Gasteiger partial charge >= 0.3 is 0 Å². The fourth-order valence-electron chi connectivity index (χ4n) is 2.28.